The number of fused-ring (bicyclic) bond motifs is 1. The van der Waals surface area contributed by atoms with Crippen LogP contribution in [0.2, 0.25) is 0 Å². The average molecular weight is 206 g/mol. The third-order valence-electron chi connectivity index (χ3n) is 2.53. The fourth-order valence-electron chi connectivity index (χ4n) is 1.73. The van der Waals surface area contributed by atoms with Crippen LogP contribution in [0.4, 0.5) is 5.69 Å². The van der Waals surface area contributed by atoms with E-state index in [0.29, 0.717) is 19.6 Å². The molecule has 0 radical (unpaired) electrons. The Hall–Kier alpha value is -1.55. The fraction of sp³-hybridized carbons (Fsp3) is 0.364. The zero-order chi connectivity index (χ0) is 10.7. The molecular weight excluding hydrogens is 192 g/mol. The maximum Gasteiger partial charge on any atom is 0.242 e. The van der Waals surface area contributed by atoms with Crippen molar-refractivity contribution in [2.75, 3.05) is 25.0 Å². The predicted octanol–water partition coefficient (Wildman–Crippen LogP) is 0.433. The number of aliphatic hydroxyl groups excluding tert-OH is 1. The summed E-state index contributed by atoms with van der Waals surface area (Å²) in [5, 5.41) is 12.0. The standard InChI is InChI=1S/C11H14N2O2/c14-6-5-13-8-9-3-1-2-4-10(9)12-7-11(13)15/h1-4,12,14H,5-8H2. The van der Waals surface area contributed by atoms with E-state index in [4.69, 9.17) is 5.11 Å². The lowest BCUT2D eigenvalue weighted by molar-refractivity contribution is -0.130. The number of para-hydroxylation sites is 1. The third kappa shape index (κ3) is 2.10. The first kappa shape index (κ1) is 9.98. The topological polar surface area (TPSA) is 52.6 Å². The minimum absolute atomic E-state index is 0.00784. The van der Waals surface area contributed by atoms with E-state index < -0.39 is 0 Å². The number of amides is 1. The summed E-state index contributed by atoms with van der Waals surface area (Å²) in [7, 11) is 0. The Morgan fingerprint density at radius 2 is 2.20 bits per heavy atom. The Morgan fingerprint density at radius 3 is 3.00 bits per heavy atom. The molecule has 1 aliphatic heterocycles. The molecule has 80 valence electrons. The second-order valence-electron chi connectivity index (χ2n) is 3.55. The van der Waals surface area contributed by atoms with Crippen LogP contribution in [0.15, 0.2) is 24.3 Å². The average Bonchev–Trinajstić information content (AvgIpc) is 2.41. The Bertz CT molecular complexity index is 365. The molecule has 0 bridgehead atoms. The first-order valence-electron chi connectivity index (χ1n) is 5.01. The molecule has 1 aromatic carbocycles. The van der Waals surface area contributed by atoms with E-state index in [1.54, 1.807) is 4.90 Å². The number of hydrogen-bond donors (Lipinski definition) is 2. The van der Waals surface area contributed by atoms with Crippen LogP contribution in [0, 0.1) is 0 Å². The van der Waals surface area contributed by atoms with Gasteiger partial charge >= 0.3 is 0 Å². The van der Waals surface area contributed by atoms with Crippen LogP contribution in [-0.4, -0.2) is 35.6 Å². The SMILES string of the molecule is O=C1CNc2ccccc2CN1CCO. The lowest BCUT2D eigenvalue weighted by Gasteiger charge is -2.18. The summed E-state index contributed by atoms with van der Waals surface area (Å²) in [6.45, 7) is 1.28. The molecule has 0 aromatic heterocycles. The molecule has 2 rings (SSSR count). The summed E-state index contributed by atoms with van der Waals surface area (Å²) in [4.78, 5) is 13.3. The summed E-state index contributed by atoms with van der Waals surface area (Å²) in [5.41, 5.74) is 2.10. The minimum atomic E-state index is 0.00784. The van der Waals surface area contributed by atoms with E-state index in [1.165, 1.54) is 0 Å². The van der Waals surface area contributed by atoms with Crippen LogP contribution >= 0.6 is 0 Å². The predicted molar refractivity (Wildman–Crippen MR) is 57.4 cm³/mol. The molecule has 0 atom stereocenters. The van der Waals surface area contributed by atoms with Crippen LogP contribution in [0.1, 0.15) is 5.56 Å². The number of benzene rings is 1. The molecule has 2 N–H and O–H groups in total. The second kappa shape index (κ2) is 4.31. The number of nitrogens with one attached hydrogen (secondary N) is 1. The van der Waals surface area contributed by atoms with E-state index in [0.717, 1.165) is 11.3 Å². The summed E-state index contributed by atoms with van der Waals surface area (Å²) in [6, 6.07) is 7.85. The zero-order valence-corrected chi connectivity index (χ0v) is 8.44. The maximum absolute atomic E-state index is 11.6. The van der Waals surface area contributed by atoms with Crippen molar-refractivity contribution in [2.45, 2.75) is 6.54 Å². The highest BCUT2D eigenvalue weighted by Gasteiger charge is 2.18. The van der Waals surface area contributed by atoms with Crippen molar-refractivity contribution in [1.29, 1.82) is 0 Å². The Balaban J connectivity index is 2.23. The highest BCUT2D eigenvalue weighted by Crippen LogP contribution is 2.19. The first-order valence-corrected chi connectivity index (χ1v) is 5.01. The van der Waals surface area contributed by atoms with Crippen molar-refractivity contribution in [3.8, 4) is 0 Å². The molecule has 1 amide bonds. The zero-order valence-electron chi connectivity index (χ0n) is 8.44. The van der Waals surface area contributed by atoms with E-state index >= 15 is 0 Å². The molecule has 0 fully saturated rings. The van der Waals surface area contributed by atoms with Crippen LogP contribution in [-0.2, 0) is 11.3 Å². The van der Waals surface area contributed by atoms with Crippen molar-refractivity contribution < 1.29 is 9.90 Å². The van der Waals surface area contributed by atoms with Crippen molar-refractivity contribution >= 4 is 11.6 Å². The van der Waals surface area contributed by atoms with Gasteiger partial charge in [-0.25, -0.2) is 0 Å². The first-order chi connectivity index (χ1) is 7.31. The molecule has 0 spiro atoms. The van der Waals surface area contributed by atoms with Crippen molar-refractivity contribution in [3.63, 3.8) is 0 Å². The number of anilines is 1. The molecule has 4 nitrogen and oxygen atoms in total. The summed E-state index contributed by atoms with van der Waals surface area (Å²) in [5.74, 6) is 0.0280. The normalized spacial score (nSPS) is 15.5. The van der Waals surface area contributed by atoms with Gasteiger partial charge in [-0.15, -0.1) is 0 Å². The van der Waals surface area contributed by atoms with Gasteiger partial charge < -0.3 is 15.3 Å². The van der Waals surface area contributed by atoms with Crippen LogP contribution in [0.5, 0.6) is 0 Å². The molecule has 4 heteroatoms. The lowest BCUT2D eigenvalue weighted by Crippen LogP contribution is -2.34. The van der Waals surface area contributed by atoms with Crippen LogP contribution in [0.25, 0.3) is 0 Å². The van der Waals surface area contributed by atoms with Gasteiger partial charge in [0.1, 0.15) is 0 Å². The number of aliphatic hydroxyl groups is 1. The van der Waals surface area contributed by atoms with Gasteiger partial charge in [0, 0.05) is 18.8 Å². The van der Waals surface area contributed by atoms with E-state index in [9.17, 15) is 4.79 Å². The van der Waals surface area contributed by atoms with Gasteiger partial charge in [-0.05, 0) is 11.6 Å². The monoisotopic (exact) mass is 206 g/mol. The number of nitrogens with zero attached hydrogens (tertiary/aromatic N) is 1. The highest BCUT2D eigenvalue weighted by atomic mass is 16.3. The molecule has 0 saturated carbocycles. The number of hydrogen-bond acceptors (Lipinski definition) is 3. The van der Waals surface area contributed by atoms with Gasteiger partial charge in [0.2, 0.25) is 5.91 Å². The second-order valence-corrected chi connectivity index (χ2v) is 3.55. The van der Waals surface area contributed by atoms with Gasteiger partial charge in [-0.2, -0.15) is 0 Å². The summed E-state index contributed by atoms with van der Waals surface area (Å²) < 4.78 is 0. The molecule has 1 aliphatic rings. The minimum Gasteiger partial charge on any atom is -0.395 e. The largest absolute Gasteiger partial charge is 0.395 e. The van der Waals surface area contributed by atoms with Gasteiger partial charge in [0.25, 0.3) is 0 Å². The number of carbonyl (C=O) groups excluding carboxylic acids is 1. The number of rotatable bonds is 2. The Morgan fingerprint density at radius 1 is 1.40 bits per heavy atom. The van der Waals surface area contributed by atoms with Crippen molar-refractivity contribution in [3.05, 3.63) is 29.8 Å². The van der Waals surface area contributed by atoms with Crippen molar-refractivity contribution in [1.82, 2.24) is 4.90 Å². The molecule has 0 saturated heterocycles. The molecule has 15 heavy (non-hydrogen) atoms. The quantitative estimate of drug-likeness (QED) is 0.738. The highest BCUT2D eigenvalue weighted by molar-refractivity contribution is 5.82. The van der Waals surface area contributed by atoms with E-state index in [1.807, 2.05) is 24.3 Å². The maximum atomic E-state index is 11.6. The molecular formula is C11H14N2O2. The van der Waals surface area contributed by atoms with Gasteiger partial charge in [0.05, 0.1) is 13.2 Å². The van der Waals surface area contributed by atoms with Crippen LogP contribution < -0.4 is 5.32 Å². The smallest absolute Gasteiger partial charge is 0.242 e. The number of β-amino-alcohol motifs (C(OH)–C–C–N with tert-alkyl or cyclic N) is 1. The molecule has 0 aliphatic carbocycles. The Labute approximate surface area is 88.5 Å². The van der Waals surface area contributed by atoms with Crippen molar-refractivity contribution in [2.24, 2.45) is 0 Å². The lowest BCUT2D eigenvalue weighted by atomic mass is 10.2. The fourth-order valence-corrected chi connectivity index (χ4v) is 1.73. The molecule has 0 unspecified atom stereocenters. The van der Waals surface area contributed by atoms with Crippen LogP contribution in [0.3, 0.4) is 0 Å². The summed E-state index contributed by atoms with van der Waals surface area (Å²) >= 11 is 0. The molecule has 1 aromatic rings. The van der Waals surface area contributed by atoms with E-state index in [2.05, 4.69) is 5.32 Å². The molecule has 1 heterocycles. The van der Waals surface area contributed by atoms with E-state index in [-0.39, 0.29) is 12.5 Å². The summed E-state index contributed by atoms with van der Waals surface area (Å²) in [6.07, 6.45) is 0. The third-order valence-corrected chi connectivity index (χ3v) is 2.53. The number of carbonyl (C=O) groups is 1. The Kier molecular flexibility index (Phi) is 2.87. The van der Waals surface area contributed by atoms with Gasteiger partial charge in [0.15, 0.2) is 0 Å². The van der Waals surface area contributed by atoms with Gasteiger partial charge in [-0.3, -0.25) is 4.79 Å². The van der Waals surface area contributed by atoms with Gasteiger partial charge in [-0.1, -0.05) is 18.2 Å².